The Hall–Kier alpha value is -2.53. The van der Waals surface area contributed by atoms with E-state index >= 15 is 0 Å². The van der Waals surface area contributed by atoms with Crippen LogP contribution >= 0.6 is 11.6 Å². The lowest BCUT2D eigenvalue weighted by atomic mass is 10.1. The number of benzene rings is 2. The number of methoxy groups -OCH3 is 1. The molecule has 1 atom stereocenters. The first kappa shape index (κ1) is 18.8. The van der Waals surface area contributed by atoms with Gasteiger partial charge in [-0.15, -0.1) is 0 Å². The van der Waals surface area contributed by atoms with Crippen molar-refractivity contribution in [2.24, 2.45) is 0 Å². The molecule has 0 fully saturated rings. The van der Waals surface area contributed by atoms with Gasteiger partial charge in [-0.1, -0.05) is 17.7 Å². The summed E-state index contributed by atoms with van der Waals surface area (Å²) in [6.07, 6.45) is -0.721. The van der Waals surface area contributed by atoms with Crippen molar-refractivity contribution in [3.8, 4) is 5.75 Å². The molecular formula is C19H20ClNO4. The summed E-state index contributed by atoms with van der Waals surface area (Å²) in [6.45, 7) is 5.35. The summed E-state index contributed by atoms with van der Waals surface area (Å²) in [4.78, 5) is 24.1. The third kappa shape index (κ3) is 4.73. The third-order valence-corrected chi connectivity index (χ3v) is 3.96. The van der Waals surface area contributed by atoms with Crippen LogP contribution in [0, 0.1) is 13.8 Å². The number of halogens is 1. The van der Waals surface area contributed by atoms with E-state index in [2.05, 4.69) is 5.32 Å². The molecule has 0 radical (unpaired) electrons. The average Bonchev–Trinajstić information content (AvgIpc) is 2.58. The zero-order valence-corrected chi connectivity index (χ0v) is 15.3. The van der Waals surface area contributed by atoms with Crippen LogP contribution in [0.4, 0.5) is 5.69 Å². The van der Waals surface area contributed by atoms with E-state index in [9.17, 15) is 9.59 Å². The molecule has 0 saturated heterocycles. The van der Waals surface area contributed by atoms with Crippen LogP contribution < -0.4 is 10.1 Å². The Kier molecular flexibility index (Phi) is 6.04. The van der Waals surface area contributed by atoms with Crippen molar-refractivity contribution in [3.63, 3.8) is 0 Å². The molecule has 0 aliphatic carbocycles. The fourth-order valence-corrected chi connectivity index (χ4v) is 2.45. The predicted octanol–water partition coefficient (Wildman–Crippen LogP) is 4.15. The number of hydrogen-bond acceptors (Lipinski definition) is 4. The van der Waals surface area contributed by atoms with Crippen LogP contribution in [0.25, 0.3) is 0 Å². The fourth-order valence-electron chi connectivity index (χ4n) is 2.22. The molecule has 25 heavy (non-hydrogen) atoms. The summed E-state index contributed by atoms with van der Waals surface area (Å²) in [5, 5.41) is 3.39. The molecule has 0 saturated carbocycles. The van der Waals surface area contributed by atoms with Gasteiger partial charge in [-0.05, 0) is 62.2 Å². The van der Waals surface area contributed by atoms with E-state index in [1.54, 1.807) is 43.3 Å². The highest BCUT2D eigenvalue weighted by molar-refractivity contribution is 6.30. The van der Waals surface area contributed by atoms with E-state index < -0.39 is 12.1 Å². The number of amides is 1. The van der Waals surface area contributed by atoms with Crippen molar-refractivity contribution in [1.29, 1.82) is 0 Å². The first-order chi connectivity index (χ1) is 11.8. The highest BCUT2D eigenvalue weighted by atomic mass is 35.5. The van der Waals surface area contributed by atoms with Gasteiger partial charge in [0.15, 0.2) is 6.10 Å². The van der Waals surface area contributed by atoms with Gasteiger partial charge >= 0.3 is 5.97 Å². The molecule has 2 aromatic rings. The van der Waals surface area contributed by atoms with Crippen LogP contribution in [0.5, 0.6) is 5.75 Å². The van der Waals surface area contributed by atoms with E-state index in [4.69, 9.17) is 21.1 Å². The Labute approximate surface area is 151 Å². The minimum atomic E-state index is -0.721. The van der Waals surface area contributed by atoms with Gasteiger partial charge in [0.25, 0.3) is 5.91 Å². The van der Waals surface area contributed by atoms with E-state index in [-0.39, 0.29) is 5.91 Å². The van der Waals surface area contributed by atoms with E-state index in [1.165, 1.54) is 7.11 Å². The van der Waals surface area contributed by atoms with Crippen LogP contribution in [0.2, 0.25) is 5.02 Å². The van der Waals surface area contributed by atoms with Crippen molar-refractivity contribution in [3.05, 3.63) is 58.1 Å². The molecule has 132 valence electrons. The Morgan fingerprint density at radius 2 is 1.80 bits per heavy atom. The minimum absolute atomic E-state index is 0.320. The Morgan fingerprint density at radius 1 is 1.08 bits per heavy atom. The van der Waals surface area contributed by atoms with Crippen molar-refractivity contribution < 1.29 is 19.1 Å². The molecule has 0 bridgehead atoms. The first-order valence-electron chi connectivity index (χ1n) is 7.74. The summed E-state index contributed by atoms with van der Waals surface area (Å²) in [5.74, 6) is -0.192. The maximum Gasteiger partial charge on any atom is 0.337 e. The summed E-state index contributed by atoms with van der Waals surface area (Å²) in [7, 11) is 1.31. The van der Waals surface area contributed by atoms with Gasteiger partial charge < -0.3 is 14.8 Å². The molecular weight excluding hydrogens is 342 g/mol. The summed E-state index contributed by atoms with van der Waals surface area (Å²) < 4.78 is 10.4. The van der Waals surface area contributed by atoms with Crippen LogP contribution in [-0.4, -0.2) is 25.1 Å². The van der Waals surface area contributed by atoms with Gasteiger partial charge in [0.1, 0.15) is 5.75 Å². The predicted molar refractivity (Wildman–Crippen MR) is 97.4 cm³/mol. The second-order valence-corrected chi connectivity index (χ2v) is 6.12. The maximum absolute atomic E-state index is 12.4. The van der Waals surface area contributed by atoms with Gasteiger partial charge in [-0.25, -0.2) is 4.79 Å². The number of esters is 1. The molecule has 2 rings (SSSR count). The molecule has 0 aliphatic heterocycles. The number of hydrogen-bond donors (Lipinski definition) is 1. The van der Waals surface area contributed by atoms with Gasteiger partial charge in [0.05, 0.1) is 12.7 Å². The monoisotopic (exact) mass is 361 g/mol. The SMILES string of the molecule is COC(=O)c1ccc(C)c(NC(=O)[C@H](C)Oc2ccc(Cl)cc2C)c1. The normalized spacial score (nSPS) is 11.6. The lowest BCUT2D eigenvalue weighted by Gasteiger charge is -2.17. The molecule has 1 N–H and O–H groups in total. The number of carbonyl (C=O) groups is 2. The molecule has 0 unspecified atom stereocenters. The smallest absolute Gasteiger partial charge is 0.337 e. The number of aryl methyl sites for hydroxylation is 2. The number of anilines is 1. The zero-order valence-electron chi connectivity index (χ0n) is 14.6. The van der Waals surface area contributed by atoms with Crippen molar-refractivity contribution in [2.45, 2.75) is 26.9 Å². The van der Waals surface area contributed by atoms with Crippen LogP contribution in [0.1, 0.15) is 28.4 Å². The van der Waals surface area contributed by atoms with E-state index in [1.807, 2.05) is 13.8 Å². The van der Waals surface area contributed by atoms with Crippen molar-refractivity contribution in [2.75, 3.05) is 12.4 Å². The largest absolute Gasteiger partial charge is 0.481 e. The standard InChI is InChI=1S/C19H20ClNO4/c1-11-5-6-14(19(23)24-4)10-16(11)21-18(22)13(3)25-17-8-7-15(20)9-12(17)2/h5-10,13H,1-4H3,(H,21,22)/t13-/m0/s1. The summed E-state index contributed by atoms with van der Waals surface area (Å²) in [5.41, 5.74) is 2.58. The average molecular weight is 362 g/mol. The molecule has 5 nitrogen and oxygen atoms in total. The van der Waals surface area contributed by atoms with Gasteiger partial charge in [-0.2, -0.15) is 0 Å². The molecule has 0 aromatic heterocycles. The summed E-state index contributed by atoms with van der Waals surface area (Å²) >= 11 is 5.92. The fraction of sp³-hybridized carbons (Fsp3) is 0.263. The molecule has 6 heteroatoms. The number of ether oxygens (including phenoxy) is 2. The molecule has 0 aliphatic rings. The second kappa shape index (κ2) is 8.03. The number of nitrogens with one attached hydrogen (secondary N) is 1. The quantitative estimate of drug-likeness (QED) is 0.812. The number of carbonyl (C=O) groups excluding carboxylic acids is 2. The van der Waals surface area contributed by atoms with E-state index in [0.717, 1.165) is 11.1 Å². The van der Waals surface area contributed by atoms with Gasteiger partial charge in [-0.3, -0.25) is 4.79 Å². The van der Waals surface area contributed by atoms with Gasteiger partial charge in [0, 0.05) is 10.7 Å². The van der Waals surface area contributed by atoms with Crippen LogP contribution in [0.15, 0.2) is 36.4 Å². The highest BCUT2D eigenvalue weighted by Gasteiger charge is 2.18. The Morgan fingerprint density at radius 3 is 2.44 bits per heavy atom. The van der Waals surface area contributed by atoms with E-state index in [0.29, 0.717) is 22.0 Å². The first-order valence-corrected chi connectivity index (χ1v) is 8.12. The molecule has 2 aromatic carbocycles. The molecule has 1 amide bonds. The maximum atomic E-state index is 12.4. The molecule has 0 heterocycles. The Bertz CT molecular complexity index is 804. The Balaban J connectivity index is 2.12. The van der Waals surface area contributed by atoms with Crippen LogP contribution in [-0.2, 0) is 9.53 Å². The minimum Gasteiger partial charge on any atom is -0.481 e. The summed E-state index contributed by atoms with van der Waals surface area (Å²) in [6, 6.07) is 10.2. The second-order valence-electron chi connectivity index (χ2n) is 5.68. The van der Waals surface area contributed by atoms with Gasteiger partial charge in [0.2, 0.25) is 0 Å². The highest BCUT2D eigenvalue weighted by Crippen LogP contribution is 2.23. The van der Waals surface area contributed by atoms with Crippen molar-refractivity contribution >= 4 is 29.2 Å². The lowest BCUT2D eigenvalue weighted by Crippen LogP contribution is -2.30. The topological polar surface area (TPSA) is 64.6 Å². The molecule has 0 spiro atoms. The third-order valence-electron chi connectivity index (χ3n) is 3.73. The lowest BCUT2D eigenvalue weighted by molar-refractivity contribution is -0.122. The zero-order chi connectivity index (χ0) is 18.6. The van der Waals surface area contributed by atoms with Crippen LogP contribution in [0.3, 0.4) is 0 Å². The number of rotatable bonds is 5. The van der Waals surface area contributed by atoms with Crippen molar-refractivity contribution in [1.82, 2.24) is 0 Å².